The van der Waals surface area contributed by atoms with Crippen LogP contribution in [0.4, 0.5) is 30.7 Å². The Hall–Kier alpha value is -3.03. The summed E-state index contributed by atoms with van der Waals surface area (Å²) in [6.45, 7) is 9.85. The van der Waals surface area contributed by atoms with Crippen molar-refractivity contribution in [1.82, 2.24) is 0 Å². The Labute approximate surface area is 186 Å². The second kappa shape index (κ2) is 9.45. The molecule has 33 heavy (non-hydrogen) atoms. The van der Waals surface area contributed by atoms with Crippen molar-refractivity contribution in [3.63, 3.8) is 0 Å². The van der Waals surface area contributed by atoms with Crippen LogP contribution in [0.5, 0.6) is 5.75 Å². The van der Waals surface area contributed by atoms with Crippen LogP contribution < -0.4 is 4.74 Å². The quantitative estimate of drug-likeness (QED) is 0.293. The van der Waals surface area contributed by atoms with E-state index in [0.29, 0.717) is 18.1 Å². The van der Waals surface area contributed by atoms with Crippen LogP contribution in [0.3, 0.4) is 0 Å². The molecule has 0 N–H and O–H groups in total. The lowest BCUT2D eigenvalue weighted by atomic mass is 9.99. The number of hydrogen-bond acceptors (Lipinski definition) is 1. The first-order valence-corrected chi connectivity index (χ1v) is 10.2. The number of halogens is 7. The number of rotatable bonds is 7. The van der Waals surface area contributed by atoms with Crippen molar-refractivity contribution < 1.29 is 35.5 Å². The SMILES string of the molecule is C=C1CC(CCC)C/C1=C/C(=C)c1cc(F)c(C(F)(F)Oc2cc(F)c(F)c(F)c2)c(F)c1. The number of hydrogen-bond donors (Lipinski definition) is 0. The third kappa shape index (κ3) is 5.31. The maximum atomic E-state index is 14.6. The second-order valence-corrected chi connectivity index (χ2v) is 8.00. The molecular weight excluding hydrogens is 449 g/mol. The molecule has 0 bridgehead atoms. The summed E-state index contributed by atoms with van der Waals surface area (Å²) in [5.74, 6) is -9.50. The van der Waals surface area contributed by atoms with Gasteiger partial charge in [0, 0.05) is 12.1 Å². The van der Waals surface area contributed by atoms with Gasteiger partial charge in [-0.2, -0.15) is 8.78 Å². The van der Waals surface area contributed by atoms with Gasteiger partial charge in [-0.3, -0.25) is 0 Å². The van der Waals surface area contributed by atoms with E-state index in [1.54, 1.807) is 6.08 Å². The summed E-state index contributed by atoms with van der Waals surface area (Å²) in [5.41, 5.74) is 0.163. The van der Waals surface area contributed by atoms with E-state index in [-0.39, 0.29) is 23.3 Å². The van der Waals surface area contributed by atoms with Crippen LogP contribution in [0, 0.1) is 35.0 Å². The third-order valence-electron chi connectivity index (χ3n) is 5.45. The maximum absolute atomic E-state index is 14.6. The van der Waals surface area contributed by atoms with Crippen molar-refractivity contribution in [3.8, 4) is 5.75 Å². The minimum atomic E-state index is -4.64. The van der Waals surface area contributed by atoms with Crippen LogP contribution >= 0.6 is 0 Å². The lowest BCUT2D eigenvalue weighted by molar-refractivity contribution is -0.189. The molecule has 1 nitrogen and oxygen atoms in total. The zero-order valence-corrected chi connectivity index (χ0v) is 17.8. The molecule has 2 aromatic carbocycles. The van der Waals surface area contributed by atoms with Gasteiger partial charge in [-0.05, 0) is 47.6 Å². The molecule has 176 valence electrons. The maximum Gasteiger partial charge on any atom is 0.432 e. The van der Waals surface area contributed by atoms with E-state index in [2.05, 4.69) is 24.8 Å². The lowest BCUT2D eigenvalue weighted by Gasteiger charge is -2.20. The summed E-state index contributed by atoms with van der Waals surface area (Å²) in [6.07, 6.45) is 0.560. The van der Waals surface area contributed by atoms with Gasteiger partial charge in [-0.15, -0.1) is 0 Å². The predicted molar refractivity (Wildman–Crippen MR) is 111 cm³/mol. The van der Waals surface area contributed by atoms with Crippen LogP contribution in [0.15, 0.2) is 54.6 Å². The normalized spacial score (nSPS) is 17.6. The lowest BCUT2D eigenvalue weighted by Crippen LogP contribution is -2.25. The highest BCUT2D eigenvalue weighted by Gasteiger charge is 2.41. The molecule has 0 spiro atoms. The van der Waals surface area contributed by atoms with E-state index in [4.69, 9.17) is 0 Å². The molecule has 2 aromatic rings. The Kier molecular flexibility index (Phi) is 7.05. The first-order chi connectivity index (χ1) is 15.4. The van der Waals surface area contributed by atoms with Crippen molar-refractivity contribution in [1.29, 1.82) is 0 Å². The fourth-order valence-electron chi connectivity index (χ4n) is 3.90. The van der Waals surface area contributed by atoms with Crippen molar-refractivity contribution in [2.45, 2.75) is 38.7 Å². The molecule has 1 fully saturated rings. The molecular formula is C25H21F7O. The highest BCUT2D eigenvalue weighted by atomic mass is 19.3. The van der Waals surface area contributed by atoms with E-state index in [0.717, 1.165) is 36.8 Å². The third-order valence-corrected chi connectivity index (χ3v) is 5.45. The number of benzene rings is 2. The number of allylic oxidation sites excluding steroid dienone is 4. The van der Waals surface area contributed by atoms with Crippen LogP contribution in [0.2, 0.25) is 0 Å². The van der Waals surface area contributed by atoms with E-state index < -0.39 is 46.5 Å². The van der Waals surface area contributed by atoms with Crippen LogP contribution in [-0.2, 0) is 6.11 Å². The Morgan fingerprint density at radius 1 is 1.00 bits per heavy atom. The molecule has 1 saturated carbocycles. The average molecular weight is 470 g/mol. The summed E-state index contributed by atoms with van der Waals surface area (Å²) in [7, 11) is 0. The van der Waals surface area contributed by atoms with Gasteiger partial charge in [-0.1, -0.05) is 44.6 Å². The second-order valence-electron chi connectivity index (χ2n) is 8.00. The van der Waals surface area contributed by atoms with Gasteiger partial charge < -0.3 is 4.74 Å². The van der Waals surface area contributed by atoms with Crippen molar-refractivity contribution >= 4 is 5.57 Å². The van der Waals surface area contributed by atoms with E-state index in [1.165, 1.54) is 0 Å². The molecule has 8 heteroatoms. The topological polar surface area (TPSA) is 9.23 Å². The zero-order chi connectivity index (χ0) is 24.5. The fraction of sp³-hybridized carbons (Fsp3) is 0.280. The number of alkyl halides is 2. The molecule has 1 aliphatic rings. The van der Waals surface area contributed by atoms with Gasteiger partial charge >= 0.3 is 6.11 Å². The van der Waals surface area contributed by atoms with Gasteiger partial charge in [0.25, 0.3) is 0 Å². The Morgan fingerprint density at radius 2 is 1.58 bits per heavy atom. The first-order valence-electron chi connectivity index (χ1n) is 10.2. The van der Waals surface area contributed by atoms with E-state index in [9.17, 15) is 30.7 Å². The van der Waals surface area contributed by atoms with Crippen molar-refractivity contribution in [2.24, 2.45) is 5.92 Å². The average Bonchev–Trinajstić information content (AvgIpc) is 3.04. The summed E-state index contributed by atoms with van der Waals surface area (Å²) < 4.78 is 102. The van der Waals surface area contributed by atoms with Crippen molar-refractivity contribution in [2.75, 3.05) is 0 Å². The largest absolute Gasteiger partial charge is 0.432 e. The van der Waals surface area contributed by atoms with Gasteiger partial charge in [0.2, 0.25) is 0 Å². The minimum Gasteiger partial charge on any atom is -0.429 e. The summed E-state index contributed by atoms with van der Waals surface area (Å²) in [4.78, 5) is 0. The Bertz CT molecular complexity index is 1090. The van der Waals surface area contributed by atoms with Gasteiger partial charge in [0.05, 0.1) is 0 Å². The highest BCUT2D eigenvalue weighted by molar-refractivity contribution is 5.74. The zero-order valence-electron chi connectivity index (χ0n) is 17.8. The first kappa shape index (κ1) is 24.6. The Balaban J connectivity index is 1.87. The molecule has 1 atom stereocenters. The molecule has 3 rings (SSSR count). The highest BCUT2D eigenvalue weighted by Crippen LogP contribution is 2.40. The molecule has 1 aliphatic carbocycles. The molecule has 0 aromatic heterocycles. The van der Waals surface area contributed by atoms with Crippen LogP contribution in [0.25, 0.3) is 5.57 Å². The standard InChI is InChI=1S/C25H21F7O/c1-4-5-15-6-13(2)16(8-15)7-14(3)17-9-19(26)23(20(27)10-17)25(31,32)33-18-11-21(28)24(30)22(29)12-18/h7,9-12,15H,2-6,8H2,1H3/b16-7-. The van der Waals surface area contributed by atoms with Crippen LogP contribution in [-0.4, -0.2) is 0 Å². The fourth-order valence-corrected chi connectivity index (χ4v) is 3.90. The van der Waals surface area contributed by atoms with E-state index >= 15 is 0 Å². The smallest absolute Gasteiger partial charge is 0.429 e. The summed E-state index contributed by atoms with van der Waals surface area (Å²) >= 11 is 0. The van der Waals surface area contributed by atoms with Gasteiger partial charge in [0.15, 0.2) is 17.5 Å². The summed E-state index contributed by atoms with van der Waals surface area (Å²) in [6, 6.07) is 1.62. The van der Waals surface area contributed by atoms with Gasteiger partial charge in [-0.25, -0.2) is 22.0 Å². The molecule has 0 heterocycles. The van der Waals surface area contributed by atoms with Gasteiger partial charge in [0.1, 0.15) is 22.9 Å². The molecule has 0 aliphatic heterocycles. The molecule has 0 amide bonds. The minimum absolute atomic E-state index is 0.0670. The monoisotopic (exact) mass is 470 g/mol. The Morgan fingerprint density at radius 3 is 2.12 bits per heavy atom. The summed E-state index contributed by atoms with van der Waals surface area (Å²) in [5, 5.41) is 0. The predicted octanol–water partition coefficient (Wildman–Crippen LogP) is 8.22. The van der Waals surface area contributed by atoms with E-state index in [1.807, 2.05) is 0 Å². The number of ether oxygens (including phenoxy) is 1. The van der Waals surface area contributed by atoms with Crippen molar-refractivity contribution in [3.05, 3.63) is 94.9 Å². The van der Waals surface area contributed by atoms with Crippen LogP contribution in [0.1, 0.15) is 43.7 Å². The molecule has 0 radical (unpaired) electrons. The molecule has 1 unspecified atom stereocenters. The molecule has 0 saturated heterocycles.